The van der Waals surface area contributed by atoms with Gasteiger partial charge in [-0.2, -0.15) is 0 Å². The third-order valence-electron chi connectivity index (χ3n) is 3.75. The van der Waals surface area contributed by atoms with E-state index >= 15 is 0 Å². The third-order valence-corrected chi connectivity index (χ3v) is 3.75. The highest BCUT2D eigenvalue weighted by Gasteiger charge is 2.17. The Labute approximate surface area is 151 Å². The lowest BCUT2D eigenvalue weighted by Crippen LogP contribution is -2.48. The number of ether oxygens (including phenoxy) is 3. The van der Waals surface area contributed by atoms with E-state index in [0.717, 1.165) is 45.9 Å². The topological polar surface area (TPSA) is 89.3 Å². The summed E-state index contributed by atoms with van der Waals surface area (Å²) in [5.74, 6) is 0. The molecule has 148 valence electrons. The zero-order chi connectivity index (χ0) is 18.5. The predicted molar refractivity (Wildman–Crippen MR) is 97.8 cm³/mol. The normalized spacial score (nSPS) is 16.8. The molecule has 0 atom stereocenters. The summed E-state index contributed by atoms with van der Waals surface area (Å²) >= 11 is 0. The number of hydrogen-bond acceptors (Lipinski definition) is 7. The molecule has 8 nitrogen and oxygen atoms in total. The highest BCUT2D eigenvalue weighted by Crippen LogP contribution is 2.06. The molecule has 1 amide bonds. The minimum absolute atomic E-state index is 0.400. The maximum absolute atomic E-state index is 11.5. The highest BCUT2D eigenvalue weighted by molar-refractivity contribution is 5.67. The van der Waals surface area contributed by atoms with Gasteiger partial charge in [0.15, 0.2) is 0 Å². The lowest BCUT2D eigenvalue weighted by atomic mass is 10.2. The van der Waals surface area contributed by atoms with Gasteiger partial charge in [0.25, 0.3) is 0 Å². The van der Waals surface area contributed by atoms with E-state index in [9.17, 15) is 4.79 Å². The summed E-state index contributed by atoms with van der Waals surface area (Å²) in [6.45, 7) is 15.3. The number of nitrogens with two attached hydrogens (primary N) is 1. The Balaban J connectivity index is 1.94. The standard InChI is InChI=1S/C17H36N4O4/c1-17(2,3)25-16(22)19-5-13-24-15-11-21-8-6-20(7-9-21)10-14-23-12-4-18/h4-15,18H2,1-3H3,(H,19,22). The Morgan fingerprint density at radius 2 is 1.48 bits per heavy atom. The molecule has 1 fully saturated rings. The van der Waals surface area contributed by atoms with E-state index in [4.69, 9.17) is 19.9 Å². The van der Waals surface area contributed by atoms with Gasteiger partial charge in [-0.05, 0) is 20.8 Å². The van der Waals surface area contributed by atoms with Gasteiger partial charge in [0.1, 0.15) is 5.60 Å². The largest absolute Gasteiger partial charge is 0.444 e. The molecular formula is C17H36N4O4. The number of piperazine rings is 1. The molecule has 0 unspecified atom stereocenters. The number of nitrogens with one attached hydrogen (secondary N) is 1. The van der Waals surface area contributed by atoms with Crippen molar-refractivity contribution in [1.29, 1.82) is 0 Å². The van der Waals surface area contributed by atoms with Crippen LogP contribution in [0.5, 0.6) is 0 Å². The molecule has 0 aromatic heterocycles. The predicted octanol–water partition coefficient (Wildman–Crippen LogP) is 0.121. The van der Waals surface area contributed by atoms with Crippen LogP contribution in [0.3, 0.4) is 0 Å². The van der Waals surface area contributed by atoms with Crippen molar-refractivity contribution in [3.63, 3.8) is 0 Å². The van der Waals surface area contributed by atoms with Crippen molar-refractivity contribution in [2.45, 2.75) is 26.4 Å². The molecule has 0 aromatic rings. The van der Waals surface area contributed by atoms with Crippen LogP contribution < -0.4 is 11.1 Å². The van der Waals surface area contributed by atoms with Crippen LogP contribution in [0.25, 0.3) is 0 Å². The van der Waals surface area contributed by atoms with E-state index in [1.54, 1.807) is 0 Å². The molecule has 0 saturated carbocycles. The molecule has 1 saturated heterocycles. The second kappa shape index (κ2) is 12.4. The lowest BCUT2D eigenvalue weighted by molar-refractivity contribution is 0.0462. The maximum atomic E-state index is 11.5. The summed E-state index contributed by atoms with van der Waals surface area (Å²) in [4.78, 5) is 16.3. The molecule has 1 rings (SSSR count). The number of rotatable bonds is 11. The van der Waals surface area contributed by atoms with E-state index in [0.29, 0.717) is 32.9 Å². The van der Waals surface area contributed by atoms with Gasteiger partial charge in [-0.15, -0.1) is 0 Å². The van der Waals surface area contributed by atoms with Crippen LogP contribution in [-0.2, 0) is 14.2 Å². The first-order valence-corrected chi connectivity index (χ1v) is 9.18. The molecule has 3 N–H and O–H groups in total. The van der Waals surface area contributed by atoms with Gasteiger partial charge in [-0.1, -0.05) is 0 Å². The number of carbonyl (C=O) groups is 1. The number of amides is 1. The number of hydrogen-bond donors (Lipinski definition) is 2. The van der Waals surface area contributed by atoms with Gasteiger partial charge in [0.05, 0.1) is 26.4 Å². The fourth-order valence-corrected chi connectivity index (χ4v) is 2.45. The van der Waals surface area contributed by atoms with Crippen LogP contribution in [0.2, 0.25) is 0 Å². The molecule has 8 heteroatoms. The van der Waals surface area contributed by atoms with Gasteiger partial charge in [0.2, 0.25) is 0 Å². The van der Waals surface area contributed by atoms with Crippen molar-refractivity contribution in [1.82, 2.24) is 15.1 Å². The molecule has 0 aliphatic carbocycles. The van der Waals surface area contributed by atoms with Gasteiger partial charge in [-0.3, -0.25) is 9.80 Å². The van der Waals surface area contributed by atoms with Gasteiger partial charge in [0, 0.05) is 52.4 Å². The second-order valence-electron chi connectivity index (χ2n) is 7.13. The Morgan fingerprint density at radius 1 is 0.960 bits per heavy atom. The average Bonchev–Trinajstić information content (AvgIpc) is 2.54. The van der Waals surface area contributed by atoms with Crippen molar-refractivity contribution in [3.05, 3.63) is 0 Å². The van der Waals surface area contributed by atoms with Crippen molar-refractivity contribution >= 4 is 6.09 Å². The summed E-state index contributed by atoms with van der Waals surface area (Å²) in [6, 6.07) is 0. The zero-order valence-electron chi connectivity index (χ0n) is 16.1. The van der Waals surface area contributed by atoms with E-state index in [1.165, 1.54) is 0 Å². The highest BCUT2D eigenvalue weighted by atomic mass is 16.6. The fourth-order valence-electron chi connectivity index (χ4n) is 2.45. The SMILES string of the molecule is CC(C)(C)OC(=O)NCCOCCN1CCN(CCOCCN)CC1. The first-order chi connectivity index (χ1) is 11.9. The second-order valence-corrected chi connectivity index (χ2v) is 7.13. The van der Waals surface area contributed by atoms with E-state index < -0.39 is 11.7 Å². The van der Waals surface area contributed by atoms with Crippen LogP contribution in [0.1, 0.15) is 20.8 Å². The Kier molecular flexibility index (Phi) is 11.0. The fraction of sp³-hybridized carbons (Fsp3) is 0.941. The molecule has 0 aromatic carbocycles. The minimum atomic E-state index is -0.469. The van der Waals surface area contributed by atoms with Crippen LogP contribution in [0.4, 0.5) is 4.79 Å². The number of alkyl carbamates (subject to hydrolysis) is 1. The summed E-state index contributed by atoms with van der Waals surface area (Å²) < 4.78 is 16.2. The molecule has 0 radical (unpaired) electrons. The summed E-state index contributed by atoms with van der Waals surface area (Å²) in [6.07, 6.45) is -0.400. The number of carbonyl (C=O) groups excluding carboxylic acids is 1. The van der Waals surface area contributed by atoms with Crippen LogP contribution >= 0.6 is 0 Å². The molecule has 0 spiro atoms. The molecule has 0 bridgehead atoms. The Bertz CT molecular complexity index is 355. The molecular weight excluding hydrogens is 324 g/mol. The first kappa shape index (κ1) is 22.1. The van der Waals surface area contributed by atoms with Gasteiger partial charge >= 0.3 is 6.09 Å². The minimum Gasteiger partial charge on any atom is -0.444 e. The molecule has 1 heterocycles. The summed E-state index contributed by atoms with van der Waals surface area (Å²) in [5, 5.41) is 2.69. The van der Waals surface area contributed by atoms with E-state index in [-0.39, 0.29) is 0 Å². The first-order valence-electron chi connectivity index (χ1n) is 9.18. The van der Waals surface area contributed by atoms with Crippen molar-refractivity contribution < 1.29 is 19.0 Å². The third kappa shape index (κ3) is 12.1. The molecule has 1 aliphatic rings. The molecule has 1 aliphatic heterocycles. The zero-order valence-corrected chi connectivity index (χ0v) is 16.1. The molecule has 25 heavy (non-hydrogen) atoms. The summed E-state index contributed by atoms with van der Waals surface area (Å²) in [5.41, 5.74) is 4.93. The maximum Gasteiger partial charge on any atom is 0.407 e. The van der Waals surface area contributed by atoms with Crippen LogP contribution in [0, 0.1) is 0 Å². The lowest BCUT2D eigenvalue weighted by Gasteiger charge is -2.34. The smallest absolute Gasteiger partial charge is 0.407 e. The van der Waals surface area contributed by atoms with Gasteiger partial charge in [-0.25, -0.2) is 4.79 Å². The van der Waals surface area contributed by atoms with Crippen LogP contribution in [0.15, 0.2) is 0 Å². The Hall–Kier alpha value is -0.930. The quantitative estimate of drug-likeness (QED) is 0.506. The number of nitrogens with zero attached hydrogens (tertiary/aromatic N) is 2. The van der Waals surface area contributed by atoms with Crippen LogP contribution in [-0.4, -0.2) is 100 Å². The van der Waals surface area contributed by atoms with Gasteiger partial charge < -0.3 is 25.3 Å². The van der Waals surface area contributed by atoms with E-state index in [2.05, 4.69) is 15.1 Å². The van der Waals surface area contributed by atoms with E-state index in [1.807, 2.05) is 20.8 Å². The summed E-state index contributed by atoms with van der Waals surface area (Å²) in [7, 11) is 0. The monoisotopic (exact) mass is 360 g/mol. The van der Waals surface area contributed by atoms with Crippen molar-refractivity contribution in [2.24, 2.45) is 5.73 Å². The van der Waals surface area contributed by atoms with Crippen molar-refractivity contribution in [3.8, 4) is 0 Å². The van der Waals surface area contributed by atoms with Crippen molar-refractivity contribution in [2.75, 3.05) is 78.8 Å². The Morgan fingerprint density at radius 3 is 1.96 bits per heavy atom. The average molecular weight is 360 g/mol.